The summed E-state index contributed by atoms with van der Waals surface area (Å²) in [6.45, 7) is 4.02. The van der Waals surface area contributed by atoms with E-state index in [2.05, 4.69) is 9.97 Å². The summed E-state index contributed by atoms with van der Waals surface area (Å²) < 4.78 is 5.26. The average Bonchev–Trinajstić information content (AvgIpc) is 2.21. The predicted octanol–water partition coefficient (Wildman–Crippen LogP) is 1.46. The summed E-state index contributed by atoms with van der Waals surface area (Å²) in [5, 5.41) is 0. The van der Waals surface area contributed by atoms with Crippen LogP contribution in [0.25, 0.3) is 0 Å². The van der Waals surface area contributed by atoms with Crippen LogP contribution in [-0.2, 0) is 11.2 Å². The number of hydrogen-bond donors (Lipinski definition) is 1. The lowest BCUT2D eigenvalue weighted by Crippen LogP contribution is -2.18. The van der Waals surface area contributed by atoms with Gasteiger partial charge in [-0.1, -0.05) is 6.92 Å². The SMILES string of the molecule is CCC(OC)c1ncc(CC(C)N)cn1. The third-order valence-corrected chi connectivity index (χ3v) is 2.23. The van der Waals surface area contributed by atoms with E-state index < -0.39 is 0 Å². The van der Waals surface area contributed by atoms with Gasteiger partial charge in [-0.3, -0.25) is 0 Å². The van der Waals surface area contributed by atoms with Crippen molar-refractivity contribution in [2.75, 3.05) is 7.11 Å². The highest BCUT2D eigenvalue weighted by molar-refractivity contribution is 5.07. The van der Waals surface area contributed by atoms with Crippen molar-refractivity contribution in [3.05, 3.63) is 23.8 Å². The molecule has 2 atom stereocenters. The van der Waals surface area contributed by atoms with E-state index in [1.54, 1.807) is 7.11 Å². The summed E-state index contributed by atoms with van der Waals surface area (Å²) >= 11 is 0. The van der Waals surface area contributed by atoms with E-state index in [1.807, 2.05) is 26.2 Å². The fourth-order valence-electron chi connectivity index (χ4n) is 1.46. The minimum Gasteiger partial charge on any atom is -0.373 e. The van der Waals surface area contributed by atoms with E-state index in [0.29, 0.717) is 0 Å². The van der Waals surface area contributed by atoms with Crippen molar-refractivity contribution in [3.8, 4) is 0 Å². The molecule has 0 fully saturated rings. The molecule has 0 aromatic carbocycles. The topological polar surface area (TPSA) is 61.0 Å². The van der Waals surface area contributed by atoms with Gasteiger partial charge in [-0.2, -0.15) is 0 Å². The second-order valence-corrected chi connectivity index (χ2v) is 3.76. The van der Waals surface area contributed by atoms with Crippen LogP contribution < -0.4 is 5.73 Å². The first kappa shape index (κ1) is 12.1. The van der Waals surface area contributed by atoms with Gasteiger partial charge in [0, 0.05) is 25.5 Å². The lowest BCUT2D eigenvalue weighted by molar-refractivity contribution is 0.0925. The zero-order valence-corrected chi connectivity index (χ0v) is 9.60. The van der Waals surface area contributed by atoms with Gasteiger partial charge in [0.15, 0.2) is 5.82 Å². The first-order valence-electron chi connectivity index (χ1n) is 5.26. The molecule has 0 aliphatic carbocycles. The fourth-order valence-corrected chi connectivity index (χ4v) is 1.46. The lowest BCUT2D eigenvalue weighted by Gasteiger charge is -2.11. The summed E-state index contributed by atoms with van der Waals surface area (Å²) in [7, 11) is 1.67. The molecule has 0 amide bonds. The van der Waals surface area contributed by atoms with Crippen LogP contribution in [0, 0.1) is 0 Å². The summed E-state index contributed by atoms with van der Waals surface area (Å²) in [6, 6.07) is 0.142. The predicted molar refractivity (Wildman–Crippen MR) is 59.4 cm³/mol. The van der Waals surface area contributed by atoms with Crippen molar-refractivity contribution in [3.63, 3.8) is 0 Å². The van der Waals surface area contributed by atoms with Gasteiger partial charge in [0.25, 0.3) is 0 Å². The molecule has 1 aromatic heterocycles. The molecule has 0 saturated carbocycles. The maximum absolute atomic E-state index is 5.69. The summed E-state index contributed by atoms with van der Waals surface area (Å²) in [4.78, 5) is 8.56. The quantitative estimate of drug-likeness (QED) is 0.797. The first-order chi connectivity index (χ1) is 7.17. The van der Waals surface area contributed by atoms with Crippen molar-refractivity contribution < 1.29 is 4.74 Å². The second-order valence-electron chi connectivity index (χ2n) is 3.76. The maximum atomic E-state index is 5.69. The molecule has 0 saturated heterocycles. The zero-order valence-electron chi connectivity index (χ0n) is 9.60. The summed E-state index contributed by atoms with van der Waals surface area (Å²) in [5.74, 6) is 0.744. The zero-order chi connectivity index (χ0) is 11.3. The molecule has 1 aromatic rings. The smallest absolute Gasteiger partial charge is 0.157 e. The Hall–Kier alpha value is -1.00. The Balaban J connectivity index is 2.71. The van der Waals surface area contributed by atoms with Gasteiger partial charge >= 0.3 is 0 Å². The van der Waals surface area contributed by atoms with E-state index in [0.717, 1.165) is 24.2 Å². The maximum Gasteiger partial charge on any atom is 0.157 e. The molecule has 2 N–H and O–H groups in total. The fraction of sp³-hybridized carbons (Fsp3) is 0.636. The standard InChI is InChI=1S/C11H19N3O/c1-4-10(15-3)11-13-6-9(7-14-11)5-8(2)12/h6-8,10H,4-5,12H2,1-3H3. The van der Waals surface area contributed by atoms with Crippen molar-refractivity contribution in [2.45, 2.75) is 38.8 Å². The molecule has 0 bridgehead atoms. The lowest BCUT2D eigenvalue weighted by atomic mass is 10.1. The number of ether oxygens (including phenoxy) is 1. The molecule has 0 aliphatic rings. The van der Waals surface area contributed by atoms with E-state index in [1.165, 1.54) is 0 Å². The highest BCUT2D eigenvalue weighted by Crippen LogP contribution is 2.15. The Morgan fingerprint density at radius 2 is 2.00 bits per heavy atom. The molecular weight excluding hydrogens is 190 g/mol. The molecule has 4 nitrogen and oxygen atoms in total. The number of aromatic nitrogens is 2. The average molecular weight is 209 g/mol. The minimum absolute atomic E-state index is 0.00523. The Labute approximate surface area is 90.9 Å². The Morgan fingerprint density at radius 1 is 1.40 bits per heavy atom. The van der Waals surface area contributed by atoms with E-state index in [4.69, 9.17) is 10.5 Å². The monoisotopic (exact) mass is 209 g/mol. The summed E-state index contributed by atoms with van der Waals surface area (Å²) in [5.41, 5.74) is 6.76. The number of nitrogens with zero attached hydrogens (tertiary/aromatic N) is 2. The van der Waals surface area contributed by atoms with Gasteiger partial charge < -0.3 is 10.5 Å². The first-order valence-corrected chi connectivity index (χ1v) is 5.26. The second kappa shape index (κ2) is 5.78. The minimum atomic E-state index is -0.00523. The van der Waals surface area contributed by atoms with Crippen molar-refractivity contribution in [1.82, 2.24) is 9.97 Å². The number of hydrogen-bond acceptors (Lipinski definition) is 4. The van der Waals surface area contributed by atoms with Crippen LogP contribution in [0.5, 0.6) is 0 Å². The van der Waals surface area contributed by atoms with Crippen LogP contribution in [0.1, 0.15) is 37.8 Å². The third-order valence-electron chi connectivity index (χ3n) is 2.23. The highest BCUT2D eigenvalue weighted by Gasteiger charge is 2.10. The molecule has 0 radical (unpaired) electrons. The Morgan fingerprint density at radius 3 is 2.40 bits per heavy atom. The van der Waals surface area contributed by atoms with Crippen LogP contribution >= 0.6 is 0 Å². The molecule has 4 heteroatoms. The van der Waals surface area contributed by atoms with E-state index >= 15 is 0 Å². The molecular formula is C11H19N3O. The van der Waals surface area contributed by atoms with Crippen LogP contribution in [-0.4, -0.2) is 23.1 Å². The van der Waals surface area contributed by atoms with Gasteiger partial charge in [-0.15, -0.1) is 0 Å². The van der Waals surface area contributed by atoms with Crippen LogP contribution in [0.15, 0.2) is 12.4 Å². The largest absolute Gasteiger partial charge is 0.373 e. The molecule has 0 aliphatic heterocycles. The molecule has 1 heterocycles. The van der Waals surface area contributed by atoms with Crippen molar-refractivity contribution >= 4 is 0 Å². The molecule has 1 rings (SSSR count). The number of nitrogens with two attached hydrogens (primary N) is 1. The van der Waals surface area contributed by atoms with Crippen LogP contribution in [0.2, 0.25) is 0 Å². The highest BCUT2D eigenvalue weighted by atomic mass is 16.5. The molecule has 15 heavy (non-hydrogen) atoms. The Kier molecular flexibility index (Phi) is 4.65. The third kappa shape index (κ3) is 3.57. The number of methoxy groups -OCH3 is 1. The van der Waals surface area contributed by atoms with E-state index in [9.17, 15) is 0 Å². The van der Waals surface area contributed by atoms with Crippen LogP contribution in [0.3, 0.4) is 0 Å². The van der Waals surface area contributed by atoms with Crippen molar-refractivity contribution in [1.29, 1.82) is 0 Å². The van der Waals surface area contributed by atoms with E-state index in [-0.39, 0.29) is 12.1 Å². The van der Waals surface area contributed by atoms with Gasteiger partial charge in [-0.25, -0.2) is 9.97 Å². The number of rotatable bonds is 5. The van der Waals surface area contributed by atoms with Gasteiger partial charge in [0.1, 0.15) is 6.10 Å². The normalized spacial score (nSPS) is 14.9. The summed E-state index contributed by atoms with van der Waals surface area (Å²) in [6.07, 6.45) is 5.34. The molecule has 2 unspecified atom stereocenters. The Bertz CT molecular complexity index is 280. The molecule has 84 valence electrons. The van der Waals surface area contributed by atoms with Gasteiger partial charge in [-0.05, 0) is 25.3 Å². The molecule has 0 spiro atoms. The van der Waals surface area contributed by atoms with Crippen molar-refractivity contribution in [2.24, 2.45) is 5.73 Å². The van der Waals surface area contributed by atoms with Crippen LogP contribution in [0.4, 0.5) is 0 Å². The van der Waals surface area contributed by atoms with Gasteiger partial charge in [0.2, 0.25) is 0 Å². The van der Waals surface area contributed by atoms with Gasteiger partial charge in [0.05, 0.1) is 0 Å².